The lowest BCUT2D eigenvalue weighted by Crippen LogP contribution is -2.68. The molecule has 2 aliphatic carbocycles. The van der Waals surface area contributed by atoms with Gasteiger partial charge in [0.2, 0.25) is 0 Å². The van der Waals surface area contributed by atoms with Crippen molar-refractivity contribution in [1.82, 2.24) is 21.3 Å². The van der Waals surface area contributed by atoms with Crippen LogP contribution in [0.4, 0.5) is 9.59 Å². The molecule has 20 unspecified atom stereocenters. The third kappa shape index (κ3) is 18.4. The molecule has 38 N–H and O–H groups in total. The van der Waals surface area contributed by atoms with Gasteiger partial charge in [0.05, 0.1) is 36.4 Å². The highest BCUT2D eigenvalue weighted by atomic mass is 16.8. The summed E-state index contributed by atoms with van der Waals surface area (Å²) >= 11 is 0. The first-order valence-corrected chi connectivity index (χ1v) is 32.3. The van der Waals surface area contributed by atoms with E-state index in [1.54, 1.807) is 0 Å². The molecule has 552 valence electrons. The highest BCUT2D eigenvalue weighted by Crippen LogP contribution is 2.37. The molecule has 0 aromatic heterocycles. The Labute approximate surface area is 546 Å². The molecule has 8 fully saturated rings. The van der Waals surface area contributed by atoms with Crippen LogP contribution in [0.1, 0.15) is 44.9 Å². The summed E-state index contributed by atoms with van der Waals surface area (Å²) in [4.78, 5) is 26.4. The van der Waals surface area contributed by atoms with Crippen LogP contribution in [0.25, 0.3) is 0 Å². The Kier molecular flexibility index (Phi) is 28.8. The topological polar surface area (TPSA) is 722 Å². The second-order valence-electron chi connectivity index (χ2n) is 25.6. The molecule has 2 saturated carbocycles. The molecule has 8 aliphatic rings. The maximum absolute atomic E-state index is 13.2. The maximum Gasteiger partial charge on any atom is 0.314 e. The van der Waals surface area contributed by atoms with E-state index in [0.29, 0.717) is 25.7 Å². The van der Waals surface area contributed by atoms with E-state index in [1.807, 2.05) is 0 Å². The van der Waals surface area contributed by atoms with Gasteiger partial charge in [0.1, 0.15) is 128 Å². The molecule has 0 aromatic rings. The first kappa shape index (κ1) is 77.9. The largest absolute Gasteiger partial charge is 0.390 e. The first-order chi connectivity index (χ1) is 45.1. The number of carbonyl (C=O) groups excluding carboxylic acids is 2. The number of carbonyl (C=O) groups is 2. The average molecular weight is 1380 g/mol. The lowest BCUT2D eigenvalue weighted by molar-refractivity contribution is -0.306. The van der Waals surface area contributed by atoms with Crippen molar-refractivity contribution >= 4 is 12.1 Å². The normalized spacial score (nSPS) is 48.1. The van der Waals surface area contributed by atoms with E-state index in [-0.39, 0.29) is 71.6 Å². The van der Waals surface area contributed by atoms with Crippen LogP contribution in [0.15, 0.2) is 0 Å². The summed E-state index contributed by atoms with van der Waals surface area (Å²) in [6, 6.07) is -9.17. The molecule has 0 aromatic carbocycles. The van der Waals surface area contributed by atoms with Gasteiger partial charge in [0.15, 0.2) is 37.7 Å². The fourth-order valence-corrected chi connectivity index (χ4v) is 13.0. The number of nitrogens with two attached hydrogens (primary N) is 11. The number of nitrogens with one attached hydrogen (secondary N) is 4. The maximum atomic E-state index is 13.2. The molecule has 41 nitrogen and oxygen atoms in total. The Bertz CT molecular complexity index is 2360. The number of amides is 4. The summed E-state index contributed by atoms with van der Waals surface area (Å²) < 4.78 is 72.4. The van der Waals surface area contributed by atoms with Crippen molar-refractivity contribution in [1.29, 1.82) is 0 Å². The predicted octanol–water partition coefficient (Wildman–Crippen LogP) is -15.5. The van der Waals surface area contributed by atoms with Gasteiger partial charge in [-0.15, -0.1) is 0 Å². The second kappa shape index (κ2) is 35.2. The van der Waals surface area contributed by atoms with Crippen molar-refractivity contribution in [3.05, 3.63) is 0 Å². The summed E-state index contributed by atoms with van der Waals surface area (Å²) in [5.41, 5.74) is 67.2. The minimum absolute atomic E-state index is 0.00321. The molecular weight excluding hydrogens is 1270 g/mol. The van der Waals surface area contributed by atoms with Gasteiger partial charge < -0.3 is 202 Å². The van der Waals surface area contributed by atoms with E-state index in [4.69, 9.17) is 120 Å². The van der Waals surface area contributed by atoms with E-state index in [0.717, 1.165) is 0 Å². The van der Waals surface area contributed by atoms with E-state index in [9.17, 15) is 70.9 Å². The fourth-order valence-electron chi connectivity index (χ4n) is 13.0. The van der Waals surface area contributed by atoms with Crippen molar-refractivity contribution in [2.75, 3.05) is 52.4 Å². The van der Waals surface area contributed by atoms with Gasteiger partial charge in [-0.1, -0.05) is 12.8 Å². The average Bonchev–Trinajstić information content (AvgIpc) is 1.74. The van der Waals surface area contributed by atoms with Crippen molar-refractivity contribution in [3.63, 3.8) is 0 Å². The Morgan fingerprint density at radius 2 is 0.653 bits per heavy atom. The number of aliphatic hydroxyl groups is 12. The fraction of sp³-hybridized carbons (Fsp3) is 0.963. The molecule has 41 heteroatoms. The van der Waals surface area contributed by atoms with Gasteiger partial charge in [-0.2, -0.15) is 0 Å². The van der Waals surface area contributed by atoms with Crippen LogP contribution >= 0.6 is 0 Å². The third-order valence-corrected chi connectivity index (χ3v) is 18.8. The zero-order valence-corrected chi connectivity index (χ0v) is 52.4. The van der Waals surface area contributed by atoms with Gasteiger partial charge >= 0.3 is 12.1 Å². The van der Waals surface area contributed by atoms with Crippen molar-refractivity contribution in [2.24, 2.45) is 63.1 Å². The molecule has 0 bridgehead atoms. The summed E-state index contributed by atoms with van der Waals surface area (Å²) in [6.45, 7) is -1.18. The standard InChI is InChI=1S/C54H105N15O26/c55-10-21-33(73)20(70)9-27(84-21)90-44-25(88-51(40(44)80)94-46-31(71)16(59)7-18(61)42(46)91-48-28(63)37(77)34(74)22(11-56)85-48)14-68-53(82)66-5-3-1-2-4-6-67-54(83)69-15-26-45(93-50-30(65)39(79)36(76)24(13-58)87-50)41(81)52(89-26)95-47-32(72)17(60)8-19(62)43(47)92-49-29(64)38(78)35(75)23(12-57)86-49/h16-52,70-81H,1-15,55-65H2,(H2,66,68,82)(H2,67,69,83)/t16-,17+,18?,19?,20?,21+,22?,23?,24-,25-,26-,27-,28?,29?,30?,31?,32+,33?,34?,35?,36?,37-,38-,39?,40+,41?,42?,43?,44?,45?,46-,47?,48-,49+,50+,51+,52+/m1/s1. The first-order valence-electron chi connectivity index (χ1n) is 32.3. The SMILES string of the molecule is NCC1O[C@H](OC2C(N)C[C@@H](N)C(O)[C@H]2O[C@@H]2O[C@H](CNC(=O)NCCCCCCNC(=O)NC[C@H]3O[C@@H](OC4C(O[C@@H]5OC(CN)C(O)[C@H](O)C5N)C(N)C[C@H](N)[C@@H]4O)C(O)C3O[C@@H]3O[C@H](CN)C(O)C(O)C3N)C(O[C@@H]3CC(O)C(O)[C@H](CN)O3)[C@@H]2O)C(N)[C@@H](O)C1O. The smallest absolute Gasteiger partial charge is 0.314 e. The van der Waals surface area contributed by atoms with Gasteiger partial charge in [0, 0.05) is 82.9 Å². The number of hydrogen-bond acceptors (Lipinski definition) is 37. The Morgan fingerprint density at radius 1 is 0.326 bits per heavy atom. The second-order valence-corrected chi connectivity index (χ2v) is 25.6. The van der Waals surface area contributed by atoms with Gasteiger partial charge in [-0.3, -0.25) is 0 Å². The van der Waals surface area contributed by atoms with Crippen LogP contribution in [0, 0.1) is 0 Å². The minimum Gasteiger partial charge on any atom is -0.390 e. The van der Waals surface area contributed by atoms with Gasteiger partial charge in [-0.05, 0) is 25.7 Å². The van der Waals surface area contributed by atoms with Crippen LogP contribution < -0.4 is 84.3 Å². The number of hydrogen-bond donors (Lipinski definition) is 27. The number of ether oxygens (including phenoxy) is 12. The highest BCUT2D eigenvalue weighted by Gasteiger charge is 2.57. The molecule has 6 heterocycles. The number of unbranched alkanes of at least 4 members (excludes halogenated alkanes) is 3. The van der Waals surface area contributed by atoms with Crippen LogP contribution in [0.2, 0.25) is 0 Å². The Hall–Kier alpha value is -2.86. The van der Waals surface area contributed by atoms with Crippen molar-refractivity contribution < 1.29 is 128 Å². The van der Waals surface area contributed by atoms with Crippen LogP contribution in [-0.2, 0) is 56.8 Å². The van der Waals surface area contributed by atoms with Gasteiger partial charge in [0.25, 0.3) is 0 Å². The Morgan fingerprint density at radius 3 is 1.02 bits per heavy atom. The van der Waals surface area contributed by atoms with E-state index >= 15 is 0 Å². The van der Waals surface area contributed by atoms with Crippen LogP contribution in [0.5, 0.6) is 0 Å². The van der Waals surface area contributed by atoms with Crippen molar-refractivity contribution in [2.45, 2.75) is 271 Å². The molecule has 37 atom stereocenters. The summed E-state index contributed by atoms with van der Waals surface area (Å²) in [5, 5.41) is 142. The number of rotatable bonds is 27. The van der Waals surface area contributed by atoms with E-state index in [2.05, 4.69) is 21.3 Å². The monoisotopic (exact) mass is 1380 g/mol. The lowest BCUT2D eigenvalue weighted by Gasteiger charge is -2.47. The minimum atomic E-state index is -1.75. The molecule has 8 rings (SSSR count). The Balaban J connectivity index is 0.817. The summed E-state index contributed by atoms with van der Waals surface area (Å²) in [7, 11) is 0. The predicted molar refractivity (Wildman–Crippen MR) is 320 cm³/mol. The highest BCUT2D eigenvalue weighted by molar-refractivity contribution is 5.74. The van der Waals surface area contributed by atoms with E-state index in [1.165, 1.54) is 0 Å². The third-order valence-electron chi connectivity index (χ3n) is 18.8. The molecule has 6 aliphatic heterocycles. The molecule has 95 heavy (non-hydrogen) atoms. The summed E-state index contributed by atoms with van der Waals surface area (Å²) in [5.74, 6) is 0. The van der Waals surface area contributed by atoms with Crippen LogP contribution in [0.3, 0.4) is 0 Å². The van der Waals surface area contributed by atoms with Crippen molar-refractivity contribution in [3.8, 4) is 0 Å². The molecular formula is C54H105N15O26. The zero-order valence-electron chi connectivity index (χ0n) is 52.4. The molecule has 0 radical (unpaired) electrons. The summed E-state index contributed by atoms with van der Waals surface area (Å²) in [6.07, 6.45) is -40.2. The van der Waals surface area contributed by atoms with Crippen LogP contribution in [-0.4, -0.2) is 352 Å². The molecule has 4 amide bonds. The molecule has 0 spiro atoms. The molecule has 6 saturated heterocycles. The van der Waals surface area contributed by atoms with Gasteiger partial charge in [-0.25, -0.2) is 9.59 Å². The number of aliphatic hydroxyl groups excluding tert-OH is 12. The quantitative estimate of drug-likeness (QED) is 0.0340. The zero-order chi connectivity index (χ0) is 69.4. The lowest BCUT2D eigenvalue weighted by atomic mass is 9.84. The van der Waals surface area contributed by atoms with E-state index < -0.39 is 239 Å². The number of urea groups is 2.